The van der Waals surface area contributed by atoms with E-state index in [0.717, 1.165) is 50.3 Å². The van der Waals surface area contributed by atoms with E-state index >= 15 is 0 Å². The van der Waals surface area contributed by atoms with Crippen LogP contribution in [-0.4, -0.2) is 16.7 Å². The van der Waals surface area contributed by atoms with Gasteiger partial charge in [0.15, 0.2) is 0 Å². The van der Waals surface area contributed by atoms with Gasteiger partial charge in [0.2, 0.25) is 6.71 Å². The Balaban J connectivity index is 0.000000179. The van der Waals surface area contributed by atoms with E-state index in [2.05, 4.69) is 28.2 Å². The van der Waals surface area contributed by atoms with E-state index in [1.807, 2.05) is 136 Å². The topological polar surface area (TPSA) is 44.2 Å². The summed E-state index contributed by atoms with van der Waals surface area (Å²) >= 11 is 0. The molecule has 8 aromatic rings. The minimum Gasteiger partial charge on any atom is -0.503 e. The SMILES string of the molecule is [2H]C([2H])([2H])c1c[c-]c(-c2cc(-c3ccccc3)c(C([2H])([2H])[2H])cn2)cc1-c1ccccc1.[2H]C([2H])(c1ccnc(-c2[c-]ccc3c2Oc2cccc4c2B3c2ccccc2O4)c1)C(C)(C)C.[Ir]. The molecule has 291 valence electrons. The minimum atomic E-state index is -2.32. The van der Waals surface area contributed by atoms with Crippen LogP contribution in [-0.2, 0) is 26.5 Å². The van der Waals surface area contributed by atoms with E-state index in [1.165, 1.54) is 12.3 Å². The third kappa shape index (κ3) is 8.17. The number of aryl methyl sites for hydroxylation is 2. The molecule has 2 aromatic heterocycles. The van der Waals surface area contributed by atoms with Crippen LogP contribution in [0.2, 0.25) is 0 Å². The molecule has 0 spiro atoms. The van der Waals surface area contributed by atoms with Gasteiger partial charge in [-0.05, 0) is 82.0 Å². The zero-order valence-corrected chi connectivity index (χ0v) is 35.0. The van der Waals surface area contributed by atoms with Gasteiger partial charge < -0.3 is 19.4 Å². The number of rotatable bonds is 5. The summed E-state index contributed by atoms with van der Waals surface area (Å²) in [5, 5.41) is 0. The number of nitrogens with zero attached hydrogens (tertiary/aromatic N) is 2. The first-order chi connectivity index (χ1) is 31.4. The summed E-state index contributed by atoms with van der Waals surface area (Å²) in [4.78, 5) is 8.99. The summed E-state index contributed by atoms with van der Waals surface area (Å²) in [6, 6.07) is 51.4. The van der Waals surface area contributed by atoms with Gasteiger partial charge in [0, 0.05) is 54.7 Å². The Hall–Kier alpha value is -6.07. The quantitative estimate of drug-likeness (QED) is 0.127. The van der Waals surface area contributed by atoms with Gasteiger partial charge in [-0.25, -0.2) is 0 Å². The minimum absolute atomic E-state index is 0. The van der Waals surface area contributed by atoms with Crippen LogP contribution in [0, 0.1) is 31.3 Å². The monoisotopic (exact) mass is 951 g/mol. The predicted molar refractivity (Wildman–Crippen MR) is 238 cm³/mol. The van der Waals surface area contributed by atoms with Gasteiger partial charge in [0.1, 0.15) is 17.2 Å². The third-order valence-corrected chi connectivity index (χ3v) is 10.1. The summed E-state index contributed by atoms with van der Waals surface area (Å²) in [6.07, 6.45) is 1.51. The van der Waals surface area contributed by atoms with Crippen molar-refractivity contribution in [2.24, 2.45) is 5.41 Å². The summed E-state index contributed by atoms with van der Waals surface area (Å²) in [5.41, 5.74) is 8.68. The number of para-hydroxylation sites is 1. The molecule has 0 saturated carbocycles. The maximum absolute atomic E-state index is 8.72. The first kappa shape index (κ1) is 30.9. The fourth-order valence-electron chi connectivity index (χ4n) is 7.57. The summed E-state index contributed by atoms with van der Waals surface area (Å²) in [5.74, 6) is 3.11. The van der Waals surface area contributed by atoms with Crippen molar-refractivity contribution in [1.82, 2.24) is 9.97 Å². The Labute approximate surface area is 373 Å². The van der Waals surface area contributed by atoms with Crippen molar-refractivity contribution in [3.8, 4) is 67.8 Å². The Morgan fingerprint density at radius 1 is 0.661 bits per heavy atom. The molecular weight excluding hydrogens is 900 g/mol. The van der Waals surface area contributed by atoms with Crippen molar-refractivity contribution in [3.63, 3.8) is 0 Å². The Morgan fingerprint density at radius 3 is 2.07 bits per heavy atom. The van der Waals surface area contributed by atoms with Crippen molar-refractivity contribution >= 4 is 23.1 Å². The molecule has 1 radical (unpaired) electrons. The maximum Gasteiger partial charge on any atom is 0.241 e. The van der Waals surface area contributed by atoms with E-state index in [-0.39, 0.29) is 37.9 Å². The third-order valence-electron chi connectivity index (χ3n) is 10.1. The van der Waals surface area contributed by atoms with E-state index in [4.69, 9.17) is 20.4 Å². The number of fused-ring (bicyclic) bond motifs is 4. The number of ether oxygens (including phenoxy) is 2. The molecular formula is C53H43BIrN2O2-2. The number of hydrogen-bond acceptors (Lipinski definition) is 4. The second-order valence-corrected chi connectivity index (χ2v) is 15.3. The predicted octanol–water partition coefficient (Wildman–Crippen LogP) is 11.4. The molecule has 10 rings (SSSR count). The molecule has 0 fully saturated rings. The average molecular weight is 951 g/mol. The molecule has 0 bridgehead atoms. The average Bonchev–Trinajstić information content (AvgIpc) is 3.31. The fourth-order valence-corrected chi connectivity index (χ4v) is 7.57. The van der Waals surface area contributed by atoms with Crippen LogP contribution >= 0.6 is 0 Å². The van der Waals surface area contributed by atoms with Gasteiger partial charge in [-0.2, -0.15) is 0 Å². The molecule has 2 aliphatic heterocycles. The largest absolute Gasteiger partial charge is 0.503 e. The standard InChI is InChI=1S/C28H23BNO2.C25H20N.Ir/c1-28(2,3)17-18-14-15-30-22(16-18)19-8-6-10-21-27(19)32-25-13-7-12-24-26(25)29(21)20-9-4-5-11-23(20)31-24;1-18-13-14-22(15-23(18)20-9-5-3-6-10-20)25-16-24(19(2)17-26-25)21-11-7-4-8-12-21;/h4-7,9-16H,17H2,1-3H3;3-13,15-17H,1-2H3;/q2*-1;/i17D2;1D3,2D3;. The zero-order valence-electron chi connectivity index (χ0n) is 40.6. The molecule has 0 amide bonds. The van der Waals surface area contributed by atoms with Crippen LogP contribution in [0.1, 0.15) is 48.4 Å². The first-order valence-corrected chi connectivity index (χ1v) is 19.2. The molecule has 2 aliphatic rings. The van der Waals surface area contributed by atoms with Crippen LogP contribution in [0.4, 0.5) is 0 Å². The van der Waals surface area contributed by atoms with Crippen LogP contribution in [0.25, 0.3) is 44.8 Å². The van der Waals surface area contributed by atoms with Gasteiger partial charge in [-0.15, -0.1) is 53.0 Å². The second kappa shape index (κ2) is 16.7. The Kier molecular flexibility index (Phi) is 8.73. The van der Waals surface area contributed by atoms with Crippen molar-refractivity contribution in [3.05, 3.63) is 187 Å². The molecule has 0 atom stereocenters. The van der Waals surface area contributed by atoms with Gasteiger partial charge in [0.05, 0.1) is 0 Å². The Morgan fingerprint density at radius 2 is 1.34 bits per heavy atom. The Bertz CT molecular complexity index is 3000. The number of pyridine rings is 2. The molecule has 0 N–H and O–H groups in total. The second-order valence-electron chi connectivity index (χ2n) is 15.3. The summed E-state index contributed by atoms with van der Waals surface area (Å²) in [6.45, 7) is 1.07. The van der Waals surface area contributed by atoms with E-state index < -0.39 is 25.5 Å². The van der Waals surface area contributed by atoms with Gasteiger partial charge >= 0.3 is 0 Å². The molecule has 0 unspecified atom stereocenters. The maximum atomic E-state index is 8.72. The summed E-state index contributed by atoms with van der Waals surface area (Å²) < 4.78 is 77.6. The van der Waals surface area contributed by atoms with Crippen LogP contribution in [0.3, 0.4) is 0 Å². The fraction of sp³-hybridized carbons (Fsp3) is 0.132. The molecule has 6 aromatic carbocycles. The normalized spacial score (nSPS) is 14.7. The van der Waals surface area contributed by atoms with Crippen molar-refractivity contribution in [2.45, 2.75) is 40.8 Å². The number of benzene rings is 6. The zero-order chi connectivity index (χ0) is 46.6. The molecule has 6 heteroatoms. The van der Waals surface area contributed by atoms with Crippen LogP contribution < -0.4 is 25.9 Å². The van der Waals surface area contributed by atoms with Crippen molar-refractivity contribution in [1.29, 1.82) is 0 Å². The van der Waals surface area contributed by atoms with Gasteiger partial charge in [0.25, 0.3) is 0 Å². The van der Waals surface area contributed by atoms with Crippen LogP contribution in [0.5, 0.6) is 23.0 Å². The van der Waals surface area contributed by atoms with Crippen molar-refractivity contribution in [2.75, 3.05) is 0 Å². The van der Waals surface area contributed by atoms with Gasteiger partial charge in [-0.3, -0.25) is 0 Å². The van der Waals surface area contributed by atoms with Crippen molar-refractivity contribution < 1.29 is 40.5 Å². The van der Waals surface area contributed by atoms with Crippen LogP contribution in [0.15, 0.2) is 158 Å². The van der Waals surface area contributed by atoms with E-state index in [0.29, 0.717) is 39.4 Å². The molecule has 4 nitrogen and oxygen atoms in total. The van der Waals surface area contributed by atoms with E-state index in [9.17, 15) is 0 Å². The number of aromatic nitrogens is 2. The molecule has 0 saturated heterocycles. The smallest absolute Gasteiger partial charge is 0.241 e. The summed E-state index contributed by atoms with van der Waals surface area (Å²) in [7, 11) is 0. The number of hydrogen-bond donors (Lipinski definition) is 0. The molecule has 4 heterocycles. The van der Waals surface area contributed by atoms with E-state index in [1.54, 1.807) is 24.4 Å². The molecule has 0 aliphatic carbocycles. The van der Waals surface area contributed by atoms with Gasteiger partial charge in [-0.1, -0.05) is 141 Å². The first-order valence-electron chi connectivity index (χ1n) is 23.2. The molecule has 59 heavy (non-hydrogen) atoms.